The highest BCUT2D eigenvalue weighted by atomic mass is 19.3. The highest BCUT2D eigenvalue weighted by Crippen LogP contribution is 2.24. The van der Waals surface area contributed by atoms with E-state index in [1.165, 1.54) is 12.1 Å². The molecule has 0 aliphatic carbocycles. The summed E-state index contributed by atoms with van der Waals surface area (Å²) in [6.45, 7) is -0.637. The predicted molar refractivity (Wildman–Crippen MR) is 69.9 cm³/mol. The summed E-state index contributed by atoms with van der Waals surface area (Å²) in [7, 11) is 0. The number of hydrogen-bond acceptors (Lipinski definition) is 5. The van der Waals surface area contributed by atoms with Gasteiger partial charge in [0.25, 0.3) is 5.91 Å². The van der Waals surface area contributed by atoms with Crippen LogP contribution in [0.3, 0.4) is 0 Å². The van der Waals surface area contributed by atoms with Crippen molar-refractivity contribution in [2.45, 2.75) is 18.5 Å². The highest BCUT2D eigenvalue weighted by molar-refractivity contribution is 5.94. The summed E-state index contributed by atoms with van der Waals surface area (Å²) in [6, 6.07) is 2.51. The Bertz CT molecular complexity index is 521. The van der Waals surface area contributed by atoms with Crippen LogP contribution in [0, 0.1) is 0 Å². The zero-order valence-corrected chi connectivity index (χ0v) is 11.8. The van der Waals surface area contributed by atoms with Crippen LogP contribution in [0.25, 0.3) is 0 Å². The molecule has 1 atom stereocenters. The minimum Gasteiger partial charge on any atom is -0.471 e. The fourth-order valence-electron chi connectivity index (χ4n) is 1.63. The monoisotopic (exact) mass is 338 g/mol. The number of halogens is 4. The average molecular weight is 338 g/mol. The Morgan fingerprint density at radius 1 is 1.43 bits per heavy atom. The van der Waals surface area contributed by atoms with Crippen LogP contribution in [0.4, 0.5) is 23.2 Å². The van der Waals surface area contributed by atoms with Gasteiger partial charge in [-0.1, -0.05) is 0 Å². The average Bonchev–Trinajstić information content (AvgIpc) is 2.55. The van der Waals surface area contributed by atoms with Crippen molar-refractivity contribution >= 4 is 11.6 Å². The lowest BCUT2D eigenvalue weighted by atomic mass is 10.3. The van der Waals surface area contributed by atoms with Crippen LogP contribution in [0.5, 0.6) is 5.88 Å². The van der Waals surface area contributed by atoms with Crippen LogP contribution < -0.4 is 10.1 Å². The number of pyridine rings is 1. The maximum atomic E-state index is 12.7. The Labute approximate surface area is 128 Å². The first-order chi connectivity index (χ1) is 10.9. The molecule has 6 nitrogen and oxygen atoms in total. The van der Waals surface area contributed by atoms with Crippen LogP contribution in [0.1, 0.15) is 0 Å². The van der Waals surface area contributed by atoms with E-state index in [1.54, 1.807) is 0 Å². The standard InChI is InChI=1S/C13H14F4N2O4/c14-12(15)13(16,17)7-23-10-2-1-8(5-18-10)19-11(20)9-6-21-3-4-22-9/h1-2,5,9,12H,3-4,6-7H2,(H,19,20)/t9-/m1/s1. The molecular formula is C13H14F4N2O4. The van der Waals surface area contributed by atoms with E-state index in [1.807, 2.05) is 0 Å². The van der Waals surface area contributed by atoms with Crippen molar-refractivity contribution in [1.82, 2.24) is 4.98 Å². The summed E-state index contributed by atoms with van der Waals surface area (Å²) >= 11 is 0. The summed E-state index contributed by atoms with van der Waals surface area (Å²) in [5.74, 6) is -4.96. The molecule has 0 saturated carbocycles. The molecule has 1 aliphatic heterocycles. The quantitative estimate of drug-likeness (QED) is 0.800. The molecule has 1 aromatic rings. The molecule has 2 heterocycles. The number of hydrogen-bond donors (Lipinski definition) is 1. The van der Waals surface area contributed by atoms with Gasteiger partial charge in [-0.3, -0.25) is 4.79 Å². The summed E-state index contributed by atoms with van der Waals surface area (Å²) < 4.78 is 64.2. The summed E-state index contributed by atoms with van der Waals surface area (Å²) in [4.78, 5) is 15.5. The topological polar surface area (TPSA) is 69.7 Å². The summed E-state index contributed by atoms with van der Waals surface area (Å²) in [5, 5.41) is 2.50. The Morgan fingerprint density at radius 3 is 2.78 bits per heavy atom. The highest BCUT2D eigenvalue weighted by Gasteiger charge is 2.41. The molecule has 0 aromatic carbocycles. The molecule has 10 heteroatoms. The number of rotatable bonds is 6. The lowest BCUT2D eigenvalue weighted by Gasteiger charge is -2.22. The fraction of sp³-hybridized carbons (Fsp3) is 0.538. The lowest BCUT2D eigenvalue weighted by molar-refractivity contribution is -0.148. The molecule has 1 aliphatic rings. The van der Waals surface area contributed by atoms with E-state index >= 15 is 0 Å². The normalized spacial score (nSPS) is 18.7. The Balaban J connectivity index is 1.85. The van der Waals surface area contributed by atoms with Crippen molar-refractivity contribution in [2.24, 2.45) is 0 Å². The molecule has 0 radical (unpaired) electrons. The van der Waals surface area contributed by atoms with Gasteiger partial charge in [0.05, 0.1) is 31.7 Å². The Morgan fingerprint density at radius 2 is 2.22 bits per heavy atom. The minimum atomic E-state index is -4.26. The molecule has 2 rings (SSSR count). The van der Waals surface area contributed by atoms with Gasteiger partial charge in [-0.2, -0.15) is 8.78 Å². The van der Waals surface area contributed by atoms with Crippen molar-refractivity contribution < 1.29 is 36.6 Å². The van der Waals surface area contributed by atoms with Gasteiger partial charge in [0.2, 0.25) is 5.88 Å². The Hall–Kier alpha value is -1.94. The van der Waals surface area contributed by atoms with Crippen molar-refractivity contribution in [1.29, 1.82) is 0 Å². The number of carbonyl (C=O) groups excluding carboxylic acids is 1. The number of aromatic nitrogens is 1. The van der Waals surface area contributed by atoms with Gasteiger partial charge < -0.3 is 19.5 Å². The van der Waals surface area contributed by atoms with Gasteiger partial charge in [0.15, 0.2) is 12.7 Å². The van der Waals surface area contributed by atoms with Crippen LogP contribution in [-0.2, 0) is 14.3 Å². The smallest absolute Gasteiger partial charge is 0.340 e. The maximum absolute atomic E-state index is 12.7. The number of alkyl halides is 4. The van der Waals surface area contributed by atoms with Gasteiger partial charge in [-0.25, -0.2) is 13.8 Å². The lowest BCUT2D eigenvalue weighted by Crippen LogP contribution is -2.39. The number of carbonyl (C=O) groups is 1. The van der Waals surface area contributed by atoms with Crippen molar-refractivity contribution in [3.05, 3.63) is 18.3 Å². The number of nitrogens with one attached hydrogen (secondary N) is 1. The first-order valence-corrected chi connectivity index (χ1v) is 6.63. The van der Waals surface area contributed by atoms with Crippen molar-refractivity contribution in [2.75, 3.05) is 31.7 Å². The first kappa shape index (κ1) is 17.4. The molecule has 128 valence electrons. The number of anilines is 1. The first-order valence-electron chi connectivity index (χ1n) is 6.63. The van der Waals surface area contributed by atoms with Crippen LogP contribution in [0.2, 0.25) is 0 Å². The van der Waals surface area contributed by atoms with Crippen LogP contribution in [-0.4, -0.2) is 55.8 Å². The molecule has 1 saturated heterocycles. The third kappa shape index (κ3) is 5.03. The molecule has 1 aromatic heterocycles. The molecule has 23 heavy (non-hydrogen) atoms. The minimum absolute atomic E-state index is 0.128. The van der Waals surface area contributed by atoms with E-state index in [0.717, 1.165) is 6.20 Å². The van der Waals surface area contributed by atoms with Gasteiger partial charge in [-0.15, -0.1) is 0 Å². The second kappa shape index (κ2) is 7.55. The van der Waals surface area contributed by atoms with Gasteiger partial charge in [0.1, 0.15) is 0 Å². The largest absolute Gasteiger partial charge is 0.471 e. The van der Waals surface area contributed by atoms with Gasteiger partial charge >= 0.3 is 12.3 Å². The summed E-state index contributed by atoms with van der Waals surface area (Å²) in [5.41, 5.74) is 0.275. The molecule has 0 bridgehead atoms. The molecule has 0 spiro atoms. The van der Waals surface area contributed by atoms with E-state index in [2.05, 4.69) is 15.0 Å². The third-order valence-corrected chi connectivity index (χ3v) is 2.84. The SMILES string of the molecule is O=C(Nc1ccc(OCC(F)(F)C(F)F)nc1)[C@H]1COCCO1. The van der Waals surface area contributed by atoms with E-state index in [-0.39, 0.29) is 18.2 Å². The molecule has 1 amide bonds. The molecule has 1 N–H and O–H groups in total. The van der Waals surface area contributed by atoms with Crippen molar-refractivity contribution in [3.63, 3.8) is 0 Å². The fourth-order valence-corrected chi connectivity index (χ4v) is 1.63. The van der Waals surface area contributed by atoms with Crippen LogP contribution in [0.15, 0.2) is 18.3 Å². The van der Waals surface area contributed by atoms with E-state index in [9.17, 15) is 22.4 Å². The Kier molecular flexibility index (Phi) is 5.72. The van der Waals surface area contributed by atoms with E-state index < -0.39 is 31.0 Å². The molecule has 1 fully saturated rings. The number of ether oxygens (including phenoxy) is 3. The van der Waals surface area contributed by atoms with Gasteiger partial charge in [0, 0.05) is 6.07 Å². The summed E-state index contributed by atoms with van der Waals surface area (Å²) in [6.07, 6.45) is -3.42. The zero-order valence-electron chi connectivity index (χ0n) is 11.8. The maximum Gasteiger partial charge on any atom is 0.340 e. The second-order valence-electron chi connectivity index (χ2n) is 4.66. The van der Waals surface area contributed by atoms with E-state index in [0.29, 0.717) is 13.2 Å². The zero-order chi connectivity index (χ0) is 16.9. The molecule has 0 unspecified atom stereocenters. The van der Waals surface area contributed by atoms with Gasteiger partial charge in [-0.05, 0) is 6.07 Å². The van der Waals surface area contributed by atoms with Crippen molar-refractivity contribution in [3.8, 4) is 5.88 Å². The van der Waals surface area contributed by atoms with Crippen LogP contribution >= 0.6 is 0 Å². The molecular weight excluding hydrogens is 324 g/mol. The predicted octanol–water partition coefficient (Wildman–Crippen LogP) is 1.71. The number of nitrogens with zero attached hydrogens (tertiary/aromatic N) is 1. The second-order valence-corrected chi connectivity index (χ2v) is 4.66. The number of amides is 1. The third-order valence-electron chi connectivity index (χ3n) is 2.84. The van der Waals surface area contributed by atoms with E-state index in [4.69, 9.17) is 9.47 Å².